The van der Waals surface area contributed by atoms with E-state index in [4.69, 9.17) is 9.47 Å². The summed E-state index contributed by atoms with van der Waals surface area (Å²) in [6.07, 6.45) is 3.66. The molecule has 0 saturated carbocycles. The number of guanidine groups is 1. The summed E-state index contributed by atoms with van der Waals surface area (Å²) in [5.41, 5.74) is 0.370. The molecule has 0 aromatic carbocycles. The standard InChI is InChI=1S/C15H23FN4O2.HI/c1-17-15(20-10-14-13(16)4-2-6-18-14)19-7-3-8-22-12-5-9-21-11-12;/h2,4,6,12H,3,5,7-11H2,1H3,(H2,17,19,20);1H. The molecule has 23 heavy (non-hydrogen) atoms. The second kappa shape index (κ2) is 11.5. The lowest BCUT2D eigenvalue weighted by Crippen LogP contribution is -2.38. The van der Waals surface area contributed by atoms with Crippen molar-refractivity contribution < 1.29 is 13.9 Å². The van der Waals surface area contributed by atoms with Gasteiger partial charge in [0.25, 0.3) is 0 Å². The normalized spacial score (nSPS) is 17.7. The maximum atomic E-state index is 13.5. The van der Waals surface area contributed by atoms with Crippen LogP contribution in [0.4, 0.5) is 4.39 Å². The highest BCUT2D eigenvalue weighted by Crippen LogP contribution is 2.07. The minimum absolute atomic E-state index is 0. The molecule has 2 rings (SSSR count). The maximum absolute atomic E-state index is 13.5. The van der Waals surface area contributed by atoms with Gasteiger partial charge in [-0.15, -0.1) is 24.0 Å². The van der Waals surface area contributed by atoms with Crippen LogP contribution in [0.1, 0.15) is 18.5 Å². The van der Waals surface area contributed by atoms with Gasteiger partial charge in [0, 0.05) is 33.0 Å². The van der Waals surface area contributed by atoms with E-state index in [1.807, 2.05) is 0 Å². The Hall–Kier alpha value is -1.000. The van der Waals surface area contributed by atoms with E-state index in [0.29, 0.717) is 31.4 Å². The fraction of sp³-hybridized carbons (Fsp3) is 0.600. The number of nitrogens with one attached hydrogen (secondary N) is 2. The first-order chi connectivity index (χ1) is 10.8. The molecule has 0 amide bonds. The Balaban J connectivity index is 0.00000264. The summed E-state index contributed by atoms with van der Waals surface area (Å²) in [5, 5.41) is 6.20. The van der Waals surface area contributed by atoms with E-state index in [0.717, 1.165) is 26.0 Å². The smallest absolute Gasteiger partial charge is 0.191 e. The number of pyridine rings is 1. The van der Waals surface area contributed by atoms with Crippen LogP contribution in [0.5, 0.6) is 0 Å². The number of nitrogens with zero attached hydrogens (tertiary/aromatic N) is 2. The number of aliphatic imine (C=N–C) groups is 1. The van der Waals surface area contributed by atoms with Crippen molar-refractivity contribution in [2.45, 2.75) is 25.5 Å². The first-order valence-corrected chi connectivity index (χ1v) is 7.53. The van der Waals surface area contributed by atoms with Crippen molar-refractivity contribution in [2.75, 3.05) is 33.4 Å². The van der Waals surface area contributed by atoms with Crippen molar-refractivity contribution in [3.8, 4) is 0 Å². The summed E-state index contributed by atoms with van der Waals surface area (Å²) in [4.78, 5) is 8.08. The van der Waals surface area contributed by atoms with Gasteiger partial charge in [-0.25, -0.2) is 4.39 Å². The van der Waals surface area contributed by atoms with Gasteiger partial charge in [0.2, 0.25) is 0 Å². The fourth-order valence-electron chi connectivity index (χ4n) is 2.11. The molecular weight excluding hydrogens is 414 g/mol. The Kier molecular flexibility index (Phi) is 10.0. The van der Waals surface area contributed by atoms with Crippen molar-refractivity contribution >= 4 is 29.9 Å². The van der Waals surface area contributed by atoms with Gasteiger partial charge in [-0.2, -0.15) is 0 Å². The predicted octanol–water partition coefficient (Wildman–Crippen LogP) is 1.70. The average Bonchev–Trinajstić information content (AvgIpc) is 3.05. The lowest BCUT2D eigenvalue weighted by molar-refractivity contribution is 0.0420. The van der Waals surface area contributed by atoms with Gasteiger partial charge in [0.15, 0.2) is 5.96 Å². The quantitative estimate of drug-likeness (QED) is 0.294. The zero-order chi connectivity index (χ0) is 15.6. The van der Waals surface area contributed by atoms with Crippen molar-refractivity contribution in [3.63, 3.8) is 0 Å². The number of hydrogen-bond acceptors (Lipinski definition) is 4. The van der Waals surface area contributed by atoms with Crippen LogP contribution >= 0.6 is 24.0 Å². The third kappa shape index (κ3) is 7.40. The minimum Gasteiger partial charge on any atom is -0.379 e. The topological polar surface area (TPSA) is 67.8 Å². The van der Waals surface area contributed by atoms with E-state index >= 15 is 0 Å². The number of hydrogen-bond donors (Lipinski definition) is 2. The Morgan fingerprint density at radius 1 is 1.52 bits per heavy atom. The van der Waals surface area contributed by atoms with Crippen LogP contribution in [-0.2, 0) is 16.0 Å². The highest BCUT2D eigenvalue weighted by Gasteiger charge is 2.15. The molecule has 2 heterocycles. The summed E-state index contributed by atoms with van der Waals surface area (Å²) >= 11 is 0. The predicted molar refractivity (Wildman–Crippen MR) is 97.6 cm³/mol. The molecule has 130 valence electrons. The van der Waals surface area contributed by atoms with Crippen LogP contribution in [0, 0.1) is 5.82 Å². The second-order valence-electron chi connectivity index (χ2n) is 4.99. The van der Waals surface area contributed by atoms with E-state index in [9.17, 15) is 4.39 Å². The van der Waals surface area contributed by atoms with Gasteiger partial charge in [-0.3, -0.25) is 9.98 Å². The van der Waals surface area contributed by atoms with Gasteiger partial charge in [-0.05, 0) is 25.0 Å². The van der Waals surface area contributed by atoms with Gasteiger partial charge in [0.1, 0.15) is 5.82 Å². The molecule has 0 spiro atoms. The second-order valence-corrected chi connectivity index (χ2v) is 4.99. The lowest BCUT2D eigenvalue weighted by Gasteiger charge is -2.13. The molecule has 1 aliphatic rings. The van der Waals surface area contributed by atoms with Crippen molar-refractivity contribution in [2.24, 2.45) is 4.99 Å². The number of rotatable bonds is 7. The summed E-state index contributed by atoms with van der Waals surface area (Å²) < 4.78 is 24.4. The molecule has 0 radical (unpaired) electrons. The minimum atomic E-state index is -0.322. The third-order valence-corrected chi connectivity index (χ3v) is 3.34. The summed E-state index contributed by atoms with van der Waals surface area (Å²) in [7, 11) is 1.68. The van der Waals surface area contributed by atoms with Gasteiger partial charge in [0.05, 0.1) is 24.9 Å². The number of ether oxygens (including phenoxy) is 2. The number of aromatic nitrogens is 1. The molecule has 2 N–H and O–H groups in total. The van der Waals surface area contributed by atoms with E-state index in [1.54, 1.807) is 19.3 Å². The Morgan fingerprint density at radius 2 is 2.39 bits per heavy atom. The van der Waals surface area contributed by atoms with Gasteiger partial charge < -0.3 is 20.1 Å². The molecule has 0 bridgehead atoms. The molecule has 1 unspecified atom stereocenters. The fourth-order valence-corrected chi connectivity index (χ4v) is 2.11. The highest BCUT2D eigenvalue weighted by atomic mass is 127. The van der Waals surface area contributed by atoms with E-state index in [1.165, 1.54) is 6.07 Å². The van der Waals surface area contributed by atoms with E-state index < -0.39 is 0 Å². The van der Waals surface area contributed by atoms with Crippen molar-refractivity contribution in [1.82, 2.24) is 15.6 Å². The summed E-state index contributed by atoms with van der Waals surface area (Å²) in [6, 6.07) is 2.96. The molecule has 1 aliphatic heterocycles. The van der Waals surface area contributed by atoms with Crippen molar-refractivity contribution in [3.05, 3.63) is 29.8 Å². The molecule has 0 aliphatic carbocycles. The maximum Gasteiger partial charge on any atom is 0.191 e. The molecule has 1 atom stereocenters. The molecule has 1 aromatic rings. The first kappa shape index (κ1) is 20.0. The largest absolute Gasteiger partial charge is 0.379 e. The zero-order valence-electron chi connectivity index (χ0n) is 13.3. The van der Waals surface area contributed by atoms with Crippen LogP contribution in [0.2, 0.25) is 0 Å². The third-order valence-electron chi connectivity index (χ3n) is 3.34. The zero-order valence-corrected chi connectivity index (χ0v) is 15.6. The van der Waals surface area contributed by atoms with Crippen LogP contribution in [-0.4, -0.2) is 50.5 Å². The van der Waals surface area contributed by atoms with Crippen LogP contribution < -0.4 is 10.6 Å². The van der Waals surface area contributed by atoms with E-state index in [2.05, 4.69) is 20.6 Å². The van der Waals surface area contributed by atoms with Crippen LogP contribution in [0.3, 0.4) is 0 Å². The lowest BCUT2D eigenvalue weighted by atomic mass is 10.3. The molecule has 1 aromatic heterocycles. The van der Waals surface area contributed by atoms with Gasteiger partial charge in [-0.1, -0.05) is 0 Å². The number of halogens is 2. The Bertz CT molecular complexity index is 484. The molecule has 6 nitrogen and oxygen atoms in total. The van der Waals surface area contributed by atoms with E-state index in [-0.39, 0.29) is 35.9 Å². The monoisotopic (exact) mass is 438 g/mol. The highest BCUT2D eigenvalue weighted by molar-refractivity contribution is 14.0. The molecular formula is C15H24FIN4O2. The average molecular weight is 438 g/mol. The van der Waals surface area contributed by atoms with Crippen molar-refractivity contribution in [1.29, 1.82) is 0 Å². The molecule has 1 fully saturated rings. The van der Waals surface area contributed by atoms with Crippen LogP contribution in [0.15, 0.2) is 23.3 Å². The molecule has 8 heteroatoms. The SMILES string of the molecule is CN=C(NCCCOC1CCOC1)NCc1ncccc1F.I. The van der Waals surface area contributed by atoms with Crippen LogP contribution in [0.25, 0.3) is 0 Å². The van der Waals surface area contributed by atoms with Gasteiger partial charge >= 0.3 is 0 Å². The first-order valence-electron chi connectivity index (χ1n) is 7.53. The Labute approximate surface area is 153 Å². The summed E-state index contributed by atoms with van der Waals surface area (Å²) in [6.45, 7) is 3.21. The Morgan fingerprint density at radius 3 is 3.09 bits per heavy atom. The molecule has 1 saturated heterocycles. The summed E-state index contributed by atoms with van der Waals surface area (Å²) in [5.74, 6) is 0.298.